The largest absolute Gasteiger partial charge is 0.495 e. The van der Waals surface area contributed by atoms with Gasteiger partial charge >= 0.3 is 5.69 Å². The summed E-state index contributed by atoms with van der Waals surface area (Å²) < 4.78 is 6.71. The fraction of sp³-hybridized carbons (Fsp3) is 0.316. The van der Waals surface area contributed by atoms with Crippen LogP contribution in [0.15, 0.2) is 52.2 Å². The van der Waals surface area contributed by atoms with Crippen LogP contribution < -0.4 is 20.9 Å². The second kappa shape index (κ2) is 6.67. The van der Waals surface area contributed by atoms with E-state index in [-0.39, 0.29) is 17.2 Å². The third-order valence-electron chi connectivity index (χ3n) is 4.89. The second-order valence-electron chi connectivity index (χ2n) is 6.52. The Morgan fingerprint density at radius 1 is 1.23 bits per heavy atom. The minimum Gasteiger partial charge on any atom is -0.495 e. The number of benzene rings is 1. The number of hydrogen-bond acceptors (Lipinski definition) is 5. The molecule has 1 aliphatic heterocycles. The molecule has 1 saturated heterocycles. The van der Waals surface area contributed by atoms with Crippen molar-refractivity contribution in [3.8, 4) is 5.75 Å². The summed E-state index contributed by atoms with van der Waals surface area (Å²) >= 11 is 0. The first-order valence-corrected chi connectivity index (χ1v) is 8.63. The van der Waals surface area contributed by atoms with Gasteiger partial charge in [0.15, 0.2) is 5.52 Å². The number of pyridine rings is 1. The van der Waals surface area contributed by atoms with Crippen LogP contribution in [0, 0.1) is 5.92 Å². The first-order chi connectivity index (χ1) is 12.7. The highest BCUT2D eigenvalue weighted by Crippen LogP contribution is 2.32. The molecule has 0 spiro atoms. The van der Waals surface area contributed by atoms with Crippen molar-refractivity contribution in [3.63, 3.8) is 0 Å². The third-order valence-corrected chi connectivity index (χ3v) is 4.89. The monoisotopic (exact) mass is 352 g/mol. The molecule has 3 aromatic rings. The Kier molecular flexibility index (Phi) is 4.20. The lowest BCUT2D eigenvalue weighted by Crippen LogP contribution is -2.38. The summed E-state index contributed by atoms with van der Waals surface area (Å²) in [5.41, 5.74) is 1.10. The molecule has 1 unspecified atom stereocenters. The molecule has 0 amide bonds. The van der Waals surface area contributed by atoms with Gasteiger partial charge in [-0.2, -0.15) is 0 Å². The van der Waals surface area contributed by atoms with Crippen LogP contribution in [0.5, 0.6) is 5.75 Å². The summed E-state index contributed by atoms with van der Waals surface area (Å²) in [6, 6.07) is 11.3. The van der Waals surface area contributed by atoms with E-state index in [1.54, 1.807) is 25.4 Å². The van der Waals surface area contributed by atoms with Gasteiger partial charge in [-0.05, 0) is 36.6 Å². The van der Waals surface area contributed by atoms with Crippen molar-refractivity contribution in [1.29, 1.82) is 0 Å². The number of fused-ring (bicyclic) bond motifs is 1. The van der Waals surface area contributed by atoms with Gasteiger partial charge in [-0.15, -0.1) is 0 Å². The summed E-state index contributed by atoms with van der Waals surface area (Å²) in [4.78, 5) is 34.1. The number of ether oxygens (including phenoxy) is 1. The number of aromatic nitrogens is 3. The molecule has 0 bridgehead atoms. The standard InChI is InChI=1S/C19H20N4O3/c1-26-16-7-3-2-6-15(16)22-10-8-13(11-22)12-23-18(24)17-14(21-19(23)25)5-4-9-20-17/h2-7,9,13H,8,10-12H2,1H3,(H,21,25). The van der Waals surface area contributed by atoms with Crippen LogP contribution in [0.3, 0.4) is 0 Å². The van der Waals surface area contributed by atoms with Crippen molar-refractivity contribution in [2.45, 2.75) is 13.0 Å². The van der Waals surface area contributed by atoms with E-state index in [1.165, 1.54) is 4.57 Å². The van der Waals surface area contributed by atoms with Gasteiger partial charge in [0.1, 0.15) is 5.75 Å². The number of nitrogens with one attached hydrogen (secondary N) is 1. The smallest absolute Gasteiger partial charge is 0.328 e. The minimum absolute atomic E-state index is 0.208. The molecule has 134 valence electrons. The zero-order valence-electron chi connectivity index (χ0n) is 14.5. The number of rotatable bonds is 4. The molecule has 0 saturated carbocycles. The Morgan fingerprint density at radius 2 is 2.08 bits per heavy atom. The maximum atomic E-state index is 12.6. The van der Waals surface area contributed by atoms with Gasteiger partial charge in [0, 0.05) is 25.8 Å². The van der Waals surface area contributed by atoms with Gasteiger partial charge in [-0.1, -0.05) is 12.1 Å². The lowest BCUT2D eigenvalue weighted by molar-refractivity contribution is 0.414. The van der Waals surface area contributed by atoms with Gasteiger partial charge in [0.25, 0.3) is 5.56 Å². The second-order valence-corrected chi connectivity index (χ2v) is 6.52. The topological polar surface area (TPSA) is 80.2 Å². The lowest BCUT2D eigenvalue weighted by Gasteiger charge is -2.21. The summed E-state index contributed by atoms with van der Waals surface area (Å²) in [5.74, 6) is 1.04. The number of nitrogens with zero attached hydrogens (tertiary/aromatic N) is 3. The quantitative estimate of drug-likeness (QED) is 0.772. The Balaban J connectivity index is 1.59. The molecule has 0 aliphatic carbocycles. The fourth-order valence-corrected chi connectivity index (χ4v) is 3.59. The number of para-hydroxylation sites is 2. The Bertz CT molecular complexity index is 1060. The highest BCUT2D eigenvalue weighted by molar-refractivity contribution is 5.71. The molecule has 3 heterocycles. The van der Waals surface area contributed by atoms with Crippen LogP contribution in [-0.2, 0) is 6.54 Å². The van der Waals surface area contributed by atoms with Crippen molar-refractivity contribution >= 4 is 16.7 Å². The predicted octanol–water partition coefficient (Wildman–Crippen LogP) is 1.62. The Hall–Kier alpha value is -3.09. The van der Waals surface area contributed by atoms with Gasteiger partial charge in [-0.3, -0.25) is 9.36 Å². The number of H-pyrrole nitrogens is 1. The molecule has 1 aliphatic rings. The van der Waals surface area contributed by atoms with Crippen LogP contribution in [0.4, 0.5) is 5.69 Å². The molecule has 2 aromatic heterocycles. The van der Waals surface area contributed by atoms with Gasteiger partial charge in [-0.25, -0.2) is 9.78 Å². The molecule has 26 heavy (non-hydrogen) atoms. The van der Waals surface area contributed by atoms with Crippen molar-refractivity contribution in [2.75, 3.05) is 25.1 Å². The highest BCUT2D eigenvalue weighted by atomic mass is 16.5. The van der Waals surface area contributed by atoms with Crippen LogP contribution in [0.25, 0.3) is 11.0 Å². The maximum Gasteiger partial charge on any atom is 0.328 e. The zero-order valence-corrected chi connectivity index (χ0v) is 14.5. The van der Waals surface area contributed by atoms with E-state index in [1.807, 2.05) is 24.3 Å². The predicted molar refractivity (Wildman–Crippen MR) is 99.9 cm³/mol. The molecule has 7 heteroatoms. The summed E-state index contributed by atoms with van der Waals surface area (Å²) in [7, 11) is 1.66. The van der Waals surface area contributed by atoms with Gasteiger partial charge < -0.3 is 14.6 Å². The molecule has 1 N–H and O–H groups in total. The number of anilines is 1. The number of methoxy groups -OCH3 is 1. The van der Waals surface area contributed by atoms with Crippen LogP contribution >= 0.6 is 0 Å². The fourth-order valence-electron chi connectivity index (χ4n) is 3.59. The molecule has 1 atom stereocenters. The molecule has 0 radical (unpaired) electrons. The molecular formula is C19H20N4O3. The average molecular weight is 352 g/mol. The molecule has 1 fully saturated rings. The van der Waals surface area contributed by atoms with E-state index in [4.69, 9.17) is 4.74 Å². The van der Waals surface area contributed by atoms with E-state index in [2.05, 4.69) is 14.9 Å². The van der Waals surface area contributed by atoms with Crippen molar-refractivity contribution in [3.05, 3.63) is 63.4 Å². The highest BCUT2D eigenvalue weighted by Gasteiger charge is 2.26. The van der Waals surface area contributed by atoms with Crippen molar-refractivity contribution in [1.82, 2.24) is 14.5 Å². The van der Waals surface area contributed by atoms with E-state index in [0.717, 1.165) is 30.9 Å². The van der Waals surface area contributed by atoms with Crippen LogP contribution in [0.1, 0.15) is 6.42 Å². The Morgan fingerprint density at radius 3 is 2.92 bits per heavy atom. The van der Waals surface area contributed by atoms with Crippen molar-refractivity contribution in [2.24, 2.45) is 5.92 Å². The summed E-state index contributed by atoms with van der Waals surface area (Å²) in [6.07, 6.45) is 2.47. The lowest BCUT2D eigenvalue weighted by atomic mass is 10.1. The molecule has 7 nitrogen and oxygen atoms in total. The number of hydrogen-bond donors (Lipinski definition) is 1. The van der Waals surface area contributed by atoms with E-state index < -0.39 is 0 Å². The molecular weight excluding hydrogens is 332 g/mol. The summed E-state index contributed by atoms with van der Waals surface area (Å²) in [6.45, 7) is 2.02. The maximum absolute atomic E-state index is 12.6. The van der Waals surface area contributed by atoms with E-state index >= 15 is 0 Å². The average Bonchev–Trinajstić information content (AvgIpc) is 3.13. The van der Waals surface area contributed by atoms with Crippen molar-refractivity contribution < 1.29 is 4.74 Å². The van der Waals surface area contributed by atoms with E-state index in [0.29, 0.717) is 17.6 Å². The molecule has 1 aromatic carbocycles. The minimum atomic E-state index is -0.383. The normalized spacial score (nSPS) is 17.0. The SMILES string of the molecule is COc1ccccc1N1CCC(Cn2c(=O)[nH]c3cccnc3c2=O)C1. The van der Waals surface area contributed by atoms with Crippen LogP contribution in [-0.4, -0.2) is 34.7 Å². The van der Waals surface area contributed by atoms with Gasteiger partial charge in [0.2, 0.25) is 0 Å². The zero-order chi connectivity index (χ0) is 18.1. The van der Waals surface area contributed by atoms with E-state index in [9.17, 15) is 9.59 Å². The first kappa shape index (κ1) is 16.4. The van der Waals surface area contributed by atoms with Crippen LogP contribution in [0.2, 0.25) is 0 Å². The van der Waals surface area contributed by atoms with Gasteiger partial charge in [0.05, 0.1) is 18.3 Å². The summed E-state index contributed by atoms with van der Waals surface area (Å²) in [5, 5.41) is 0. The first-order valence-electron chi connectivity index (χ1n) is 8.63. The number of aromatic amines is 1. The third kappa shape index (κ3) is 2.85. The Labute approximate surface area is 149 Å². The molecule has 4 rings (SSSR count).